The first kappa shape index (κ1) is 16.1. The first-order valence-corrected chi connectivity index (χ1v) is 9.48. The molecule has 124 valence electrons. The van der Waals surface area contributed by atoms with Gasteiger partial charge in [-0.1, -0.05) is 17.7 Å². The summed E-state index contributed by atoms with van der Waals surface area (Å²) < 4.78 is -0.494. The van der Waals surface area contributed by atoms with Gasteiger partial charge in [-0.15, -0.1) is 23.2 Å². The molecule has 4 rings (SSSR count). The molecule has 0 radical (unpaired) electrons. The molecule has 5 atom stereocenters. The number of rotatable bonds is 2. The summed E-state index contributed by atoms with van der Waals surface area (Å²) in [5, 5.41) is 3.72. The number of halogens is 3. The van der Waals surface area contributed by atoms with Crippen molar-refractivity contribution >= 4 is 46.4 Å². The van der Waals surface area contributed by atoms with Crippen LogP contribution in [-0.2, 0) is 4.79 Å². The molecule has 1 N–H and O–H groups in total. The van der Waals surface area contributed by atoms with Crippen molar-refractivity contribution in [3.05, 3.63) is 28.8 Å². The number of carbonyl (C=O) groups is 1. The minimum Gasteiger partial charge on any atom is -0.326 e. The molecule has 3 saturated carbocycles. The van der Waals surface area contributed by atoms with E-state index in [1.54, 1.807) is 0 Å². The maximum absolute atomic E-state index is 12.6. The van der Waals surface area contributed by atoms with E-state index in [9.17, 15) is 4.79 Å². The highest BCUT2D eigenvalue weighted by atomic mass is 35.5. The number of amides is 1. The smallest absolute Gasteiger partial charge is 0.228 e. The van der Waals surface area contributed by atoms with Crippen LogP contribution in [0.4, 0.5) is 5.69 Å². The van der Waals surface area contributed by atoms with Crippen molar-refractivity contribution in [2.75, 3.05) is 5.32 Å². The minimum atomic E-state index is -0.494. The number of anilines is 1. The van der Waals surface area contributed by atoms with Crippen molar-refractivity contribution in [3.63, 3.8) is 0 Å². The number of benzene rings is 1. The Morgan fingerprint density at radius 1 is 1.13 bits per heavy atom. The molecule has 0 saturated heterocycles. The van der Waals surface area contributed by atoms with E-state index in [0.717, 1.165) is 36.9 Å². The summed E-state index contributed by atoms with van der Waals surface area (Å²) in [6, 6.07) is 5.60. The zero-order valence-corrected chi connectivity index (χ0v) is 15.3. The standard InChI is InChI=1S/C18H20Cl3NO/c1-9-2-3-10(19)8-15(9)22-17(23)16-11-4-6-13-14(18(13,20)21)7-5-12(11)16/h2-3,8,11-14,16H,4-7H2,1H3,(H,22,23)/t11-,12-,13-,14+,16?/m0/s1. The van der Waals surface area contributed by atoms with Crippen LogP contribution in [0.1, 0.15) is 31.2 Å². The van der Waals surface area contributed by atoms with Gasteiger partial charge >= 0.3 is 0 Å². The van der Waals surface area contributed by atoms with Gasteiger partial charge in [-0.05, 0) is 74.0 Å². The van der Waals surface area contributed by atoms with Gasteiger partial charge < -0.3 is 5.32 Å². The first-order valence-electron chi connectivity index (χ1n) is 8.34. The quantitative estimate of drug-likeness (QED) is 0.688. The molecule has 0 aromatic heterocycles. The van der Waals surface area contributed by atoms with Gasteiger partial charge in [-0.2, -0.15) is 0 Å². The first-order chi connectivity index (χ1) is 10.9. The number of alkyl halides is 2. The monoisotopic (exact) mass is 371 g/mol. The average molecular weight is 373 g/mol. The van der Waals surface area contributed by atoms with Gasteiger partial charge in [0.25, 0.3) is 0 Å². The predicted octanol–water partition coefficient (Wildman–Crippen LogP) is 5.44. The van der Waals surface area contributed by atoms with E-state index in [1.807, 2.05) is 25.1 Å². The molecule has 23 heavy (non-hydrogen) atoms. The number of aryl methyl sites for hydroxylation is 1. The van der Waals surface area contributed by atoms with Crippen molar-refractivity contribution in [3.8, 4) is 0 Å². The Labute approximate surface area is 151 Å². The van der Waals surface area contributed by atoms with E-state index in [-0.39, 0.29) is 11.8 Å². The third-order valence-electron chi connectivity index (χ3n) is 6.08. The fourth-order valence-corrected chi connectivity index (χ4v) is 5.65. The fraction of sp³-hybridized carbons (Fsp3) is 0.611. The van der Waals surface area contributed by atoms with E-state index >= 15 is 0 Å². The van der Waals surface area contributed by atoms with Crippen LogP contribution in [0.2, 0.25) is 5.02 Å². The lowest BCUT2D eigenvalue weighted by molar-refractivity contribution is -0.117. The SMILES string of the molecule is Cc1ccc(Cl)cc1NC(=O)C1[C@H]2CC[C@@H]3[C@H](CC[C@H]12)C3(Cl)Cl. The van der Waals surface area contributed by atoms with Crippen molar-refractivity contribution in [1.29, 1.82) is 0 Å². The molecule has 0 heterocycles. The Morgan fingerprint density at radius 2 is 1.74 bits per heavy atom. The van der Waals surface area contributed by atoms with E-state index in [1.165, 1.54) is 0 Å². The summed E-state index contributed by atoms with van der Waals surface area (Å²) in [7, 11) is 0. The summed E-state index contributed by atoms with van der Waals surface area (Å²) in [6.07, 6.45) is 4.25. The number of nitrogens with one attached hydrogen (secondary N) is 1. The summed E-state index contributed by atoms with van der Waals surface area (Å²) >= 11 is 18.7. The summed E-state index contributed by atoms with van der Waals surface area (Å²) in [4.78, 5) is 12.6. The minimum absolute atomic E-state index is 0.143. The van der Waals surface area contributed by atoms with Gasteiger partial charge in [0.1, 0.15) is 4.33 Å². The van der Waals surface area contributed by atoms with Gasteiger partial charge in [-0.25, -0.2) is 0 Å². The molecule has 1 aromatic carbocycles. The van der Waals surface area contributed by atoms with Crippen molar-refractivity contribution in [2.45, 2.75) is 36.9 Å². The second kappa shape index (κ2) is 5.54. The Bertz CT molecular complexity index is 638. The number of hydrogen-bond donors (Lipinski definition) is 1. The van der Waals surface area contributed by atoms with Crippen LogP contribution < -0.4 is 5.32 Å². The van der Waals surface area contributed by atoms with Gasteiger partial charge in [0, 0.05) is 16.6 Å². The van der Waals surface area contributed by atoms with Crippen LogP contribution in [0.15, 0.2) is 18.2 Å². The lowest BCUT2D eigenvalue weighted by atomic mass is 10.0. The van der Waals surface area contributed by atoms with Crippen LogP contribution >= 0.6 is 34.8 Å². The number of hydrogen-bond acceptors (Lipinski definition) is 1. The molecule has 3 aliphatic carbocycles. The molecule has 0 spiro atoms. The number of fused-ring (bicyclic) bond motifs is 2. The topological polar surface area (TPSA) is 29.1 Å². The third-order valence-corrected chi connectivity index (χ3v) is 7.44. The molecule has 1 unspecified atom stereocenters. The van der Waals surface area contributed by atoms with Gasteiger partial charge in [0.05, 0.1) is 0 Å². The lowest BCUT2D eigenvalue weighted by Gasteiger charge is -2.09. The number of carbonyl (C=O) groups excluding carboxylic acids is 1. The normalized spacial score (nSPS) is 37.0. The molecule has 0 aliphatic heterocycles. The predicted molar refractivity (Wildman–Crippen MR) is 95.2 cm³/mol. The molecule has 1 aromatic rings. The van der Waals surface area contributed by atoms with Crippen LogP contribution in [0.25, 0.3) is 0 Å². The largest absolute Gasteiger partial charge is 0.326 e. The Kier molecular flexibility index (Phi) is 3.87. The highest BCUT2D eigenvalue weighted by molar-refractivity contribution is 6.51. The summed E-state index contributed by atoms with van der Waals surface area (Å²) in [6.45, 7) is 1.98. The van der Waals surface area contributed by atoms with E-state index in [2.05, 4.69) is 5.32 Å². The molecule has 5 heteroatoms. The maximum Gasteiger partial charge on any atom is 0.228 e. The molecular weight excluding hydrogens is 353 g/mol. The Hall–Kier alpha value is -0.440. The van der Waals surface area contributed by atoms with Gasteiger partial charge in [0.2, 0.25) is 5.91 Å². The van der Waals surface area contributed by atoms with Crippen LogP contribution in [0.3, 0.4) is 0 Å². The van der Waals surface area contributed by atoms with E-state index < -0.39 is 4.33 Å². The van der Waals surface area contributed by atoms with E-state index in [4.69, 9.17) is 34.8 Å². The molecule has 2 nitrogen and oxygen atoms in total. The third kappa shape index (κ3) is 2.77. The second-order valence-electron chi connectivity index (χ2n) is 7.34. The molecule has 3 fully saturated rings. The lowest BCUT2D eigenvalue weighted by Crippen LogP contribution is -2.16. The average Bonchev–Trinajstić information content (AvgIpc) is 3.27. The zero-order chi connectivity index (χ0) is 16.4. The van der Waals surface area contributed by atoms with Gasteiger partial charge in [-0.3, -0.25) is 4.79 Å². The summed E-state index contributed by atoms with van der Waals surface area (Å²) in [5.41, 5.74) is 1.86. The Balaban J connectivity index is 1.41. The highest BCUT2D eigenvalue weighted by Crippen LogP contribution is 2.67. The van der Waals surface area contributed by atoms with E-state index in [0.29, 0.717) is 28.7 Å². The molecule has 0 bridgehead atoms. The molecular formula is C18H20Cl3NO. The van der Waals surface area contributed by atoms with Crippen molar-refractivity contribution in [2.24, 2.45) is 29.6 Å². The Morgan fingerprint density at radius 3 is 2.35 bits per heavy atom. The van der Waals surface area contributed by atoms with Gasteiger partial charge in [0.15, 0.2) is 0 Å². The zero-order valence-electron chi connectivity index (χ0n) is 13.0. The van der Waals surface area contributed by atoms with Crippen LogP contribution in [-0.4, -0.2) is 10.2 Å². The van der Waals surface area contributed by atoms with Crippen molar-refractivity contribution in [1.82, 2.24) is 0 Å². The van der Waals surface area contributed by atoms with Crippen LogP contribution in [0, 0.1) is 36.5 Å². The van der Waals surface area contributed by atoms with Crippen molar-refractivity contribution < 1.29 is 4.79 Å². The molecule has 3 aliphatic rings. The highest BCUT2D eigenvalue weighted by Gasteiger charge is 2.65. The second-order valence-corrected chi connectivity index (χ2v) is 9.22. The maximum atomic E-state index is 12.6. The molecule has 1 amide bonds. The van der Waals surface area contributed by atoms with Crippen LogP contribution in [0.5, 0.6) is 0 Å². The summed E-state index contributed by atoms with van der Waals surface area (Å²) in [5.74, 6) is 2.16. The fourth-order valence-electron chi connectivity index (χ4n) is 4.56.